The molecule has 2 aromatic carbocycles. The number of aliphatic hydroxyl groups is 1. The molecule has 2 aromatic rings. The molecule has 1 aliphatic heterocycles. The average Bonchev–Trinajstić information content (AvgIpc) is 2.73. The molecule has 1 amide bonds. The quantitative estimate of drug-likeness (QED) is 0.298. The molecule has 156 valence electrons. The summed E-state index contributed by atoms with van der Waals surface area (Å²) in [5.74, 6) is -0.315. The minimum atomic E-state index is -4.05. The second-order valence-corrected chi connectivity index (χ2v) is 9.70. The van der Waals surface area contributed by atoms with Crippen molar-refractivity contribution in [1.29, 1.82) is 0 Å². The molecular formula is C19H21IN2O6S. The molecule has 3 rings (SSSR count). The van der Waals surface area contributed by atoms with E-state index in [-0.39, 0.29) is 24.3 Å². The molecule has 1 saturated heterocycles. The third-order valence-corrected chi connectivity index (χ3v) is 7.65. The first-order valence-corrected chi connectivity index (χ1v) is 11.4. The van der Waals surface area contributed by atoms with Gasteiger partial charge in [-0.05, 0) is 65.8 Å². The lowest BCUT2D eigenvalue weighted by Crippen LogP contribution is -2.54. The number of nitrogens with zero attached hydrogens (tertiary/aromatic N) is 1. The van der Waals surface area contributed by atoms with Crippen molar-refractivity contribution in [3.63, 3.8) is 0 Å². The van der Waals surface area contributed by atoms with Gasteiger partial charge >= 0.3 is 0 Å². The molecule has 0 spiro atoms. The Morgan fingerprint density at radius 3 is 2.52 bits per heavy atom. The van der Waals surface area contributed by atoms with Gasteiger partial charge in [-0.15, -0.1) is 0 Å². The van der Waals surface area contributed by atoms with Crippen LogP contribution in [0.25, 0.3) is 0 Å². The van der Waals surface area contributed by atoms with E-state index in [1.807, 2.05) is 24.3 Å². The number of benzene rings is 2. The lowest BCUT2D eigenvalue weighted by Gasteiger charge is -2.35. The molecule has 29 heavy (non-hydrogen) atoms. The number of carbonyl (C=O) groups is 1. The maximum Gasteiger partial charge on any atom is 0.261 e. The van der Waals surface area contributed by atoms with Crippen molar-refractivity contribution in [1.82, 2.24) is 9.79 Å². The fraction of sp³-hybridized carbons (Fsp3) is 0.316. The number of rotatable bonds is 6. The Bertz CT molecular complexity index is 967. The maximum absolute atomic E-state index is 13.0. The monoisotopic (exact) mass is 532 g/mol. The van der Waals surface area contributed by atoms with Crippen LogP contribution in [-0.4, -0.2) is 47.6 Å². The Hall–Kier alpha value is -1.73. The molecule has 0 unspecified atom stereocenters. The van der Waals surface area contributed by atoms with E-state index in [0.717, 1.165) is 13.4 Å². The van der Waals surface area contributed by atoms with E-state index in [2.05, 4.69) is 22.6 Å². The van der Waals surface area contributed by atoms with Gasteiger partial charge in [0.05, 0.1) is 11.0 Å². The molecule has 10 heteroatoms. The fourth-order valence-corrected chi connectivity index (χ4v) is 5.34. The number of sulfonamides is 1. The SMILES string of the molecule is O=C(NO)[C@@H]1CC[C@H](O)CN1S(=O)(=O)c1ccc(OCc2ccccc2I)cc1. The van der Waals surface area contributed by atoms with Crippen LogP contribution in [0.1, 0.15) is 18.4 Å². The highest BCUT2D eigenvalue weighted by Crippen LogP contribution is 2.27. The first-order valence-electron chi connectivity index (χ1n) is 8.93. The molecule has 0 aromatic heterocycles. The van der Waals surface area contributed by atoms with Crippen molar-refractivity contribution < 1.29 is 28.3 Å². The summed E-state index contributed by atoms with van der Waals surface area (Å²) in [6.45, 7) is 0.132. The summed E-state index contributed by atoms with van der Waals surface area (Å²) in [5.41, 5.74) is 2.52. The molecular weight excluding hydrogens is 511 g/mol. The molecule has 3 N–H and O–H groups in total. The number of piperidine rings is 1. The Labute approximate surface area is 182 Å². The van der Waals surface area contributed by atoms with Gasteiger partial charge in [-0.25, -0.2) is 13.9 Å². The summed E-state index contributed by atoms with van der Waals surface area (Å²) in [6, 6.07) is 12.6. The highest BCUT2D eigenvalue weighted by Gasteiger charge is 2.40. The van der Waals surface area contributed by atoms with E-state index in [9.17, 15) is 18.3 Å². The summed E-state index contributed by atoms with van der Waals surface area (Å²) in [7, 11) is -4.05. The lowest BCUT2D eigenvalue weighted by molar-refractivity contribution is -0.135. The second-order valence-electron chi connectivity index (χ2n) is 6.65. The lowest BCUT2D eigenvalue weighted by atomic mass is 10.0. The van der Waals surface area contributed by atoms with Crippen LogP contribution in [-0.2, 0) is 21.4 Å². The standard InChI is InChI=1S/C19H21IN2O6S/c20-17-4-2-1-3-13(17)12-28-15-6-8-16(9-7-15)29(26,27)22-11-14(23)5-10-18(22)19(24)21-25/h1-4,6-9,14,18,23,25H,5,10-12H2,(H,21,24)/t14-,18-/m0/s1. The van der Waals surface area contributed by atoms with Crippen LogP contribution in [0, 0.1) is 3.57 Å². The summed E-state index contributed by atoms with van der Waals surface area (Å²) < 4.78 is 33.7. The number of nitrogens with one attached hydrogen (secondary N) is 1. The highest BCUT2D eigenvalue weighted by atomic mass is 127. The molecule has 0 aliphatic carbocycles. The van der Waals surface area contributed by atoms with Crippen molar-refractivity contribution in [2.24, 2.45) is 0 Å². The average molecular weight is 532 g/mol. The topological polar surface area (TPSA) is 116 Å². The minimum absolute atomic E-state index is 0.0241. The van der Waals surface area contributed by atoms with Gasteiger partial charge in [0.2, 0.25) is 10.0 Å². The predicted octanol–water partition coefficient (Wildman–Crippen LogP) is 1.89. The summed E-state index contributed by atoms with van der Waals surface area (Å²) in [6.07, 6.45) is -0.484. The number of carbonyl (C=O) groups excluding carboxylic acids is 1. The zero-order chi connectivity index (χ0) is 21.0. The van der Waals surface area contributed by atoms with Gasteiger partial charge in [-0.2, -0.15) is 4.31 Å². The predicted molar refractivity (Wildman–Crippen MR) is 113 cm³/mol. The summed E-state index contributed by atoms with van der Waals surface area (Å²) in [4.78, 5) is 11.9. The van der Waals surface area contributed by atoms with E-state index in [4.69, 9.17) is 9.94 Å². The van der Waals surface area contributed by atoms with E-state index < -0.39 is 28.1 Å². The number of hydroxylamine groups is 1. The third-order valence-electron chi connectivity index (χ3n) is 4.71. The van der Waals surface area contributed by atoms with Gasteiger partial charge in [0.1, 0.15) is 18.4 Å². The number of hydrogen-bond donors (Lipinski definition) is 3. The summed E-state index contributed by atoms with van der Waals surface area (Å²) in [5, 5.41) is 18.8. The molecule has 1 aliphatic rings. The largest absolute Gasteiger partial charge is 0.489 e. The molecule has 0 bridgehead atoms. The Balaban J connectivity index is 1.76. The minimum Gasteiger partial charge on any atom is -0.489 e. The normalized spacial score (nSPS) is 20.2. The number of β-amino-alcohol motifs (C(OH)–C–C–N with tert-alkyl or cyclic N) is 1. The van der Waals surface area contributed by atoms with Gasteiger partial charge in [0, 0.05) is 15.7 Å². The van der Waals surface area contributed by atoms with Gasteiger partial charge in [0.15, 0.2) is 0 Å². The van der Waals surface area contributed by atoms with Crippen molar-refractivity contribution in [3.05, 3.63) is 57.7 Å². The van der Waals surface area contributed by atoms with Crippen LogP contribution < -0.4 is 10.2 Å². The highest BCUT2D eigenvalue weighted by molar-refractivity contribution is 14.1. The molecule has 2 atom stereocenters. The van der Waals surface area contributed by atoms with Crippen molar-refractivity contribution in [3.8, 4) is 5.75 Å². The smallest absolute Gasteiger partial charge is 0.261 e. The Kier molecular flexibility index (Phi) is 7.11. The van der Waals surface area contributed by atoms with E-state index in [1.165, 1.54) is 17.6 Å². The van der Waals surface area contributed by atoms with Crippen LogP contribution in [0.15, 0.2) is 53.4 Å². The van der Waals surface area contributed by atoms with Gasteiger partial charge in [0.25, 0.3) is 5.91 Å². The first kappa shape index (κ1) is 22.0. The third kappa shape index (κ3) is 5.07. The molecule has 0 saturated carbocycles. The number of amides is 1. The Morgan fingerprint density at radius 1 is 1.17 bits per heavy atom. The molecule has 0 radical (unpaired) electrons. The molecule has 1 fully saturated rings. The second kappa shape index (κ2) is 9.39. The van der Waals surface area contributed by atoms with E-state index >= 15 is 0 Å². The zero-order valence-electron chi connectivity index (χ0n) is 15.4. The number of halogens is 1. The summed E-state index contributed by atoms with van der Waals surface area (Å²) >= 11 is 2.22. The van der Waals surface area contributed by atoms with Crippen molar-refractivity contribution >= 4 is 38.5 Å². The van der Waals surface area contributed by atoms with Gasteiger partial charge in [-0.1, -0.05) is 18.2 Å². The van der Waals surface area contributed by atoms with Gasteiger partial charge in [-0.3, -0.25) is 10.0 Å². The first-order chi connectivity index (χ1) is 13.8. The Morgan fingerprint density at radius 2 is 1.86 bits per heavy atom. The zero-order valence-corrected chi connectivity index (χ0v) is 18.3. The number of hydrogen-bond acceptors (Lipinski definition) is 6. The molecule has 8 nitrogen and oxygen atoms in total. The van der Waals surface area contributed by atoms with Gasteiger partial charge < -0.3 is 9.84 Å². The van der Waals surface area contributed by atoms with Crippen LogP contribution in [0.5, 0.6) is 5.75 Å². The van der Waals surface area contributed by atoms with Crippen LogP contribution in [0.4, 0.5) is 0 Å². The maximum atomic E-state index is 13.0. The van der Waals surface area contributed by atoms with Crippen molar-refractivity contribution in [2.75, 3.05) is 6.54 Å². The van der Waals surface area contributed by atoms with Crippen LogP contribution in [0.2, 0.25) is 0 Å². The van der Waals surface area contributed by atoms with E-state index in [1.54, 1.807) is 12.1 Å². The number of ether oxygens (including phenoxy) is 1. The number of aliphatic hydroxyl groups excluding tert-OH is 1. The van der Waals surface area contributed by atoms with Crippen LogP contribution in [0.3, 0.4) is 0 Å². The molecule has 1 heterocycles. The van der Waals surface area contributed by atoms with E-state index in [0.29, 0.717) is 12.4 Å². The van der Waals surface area contributed by atoms with Crippen molar-refractivity contribution in [2.45, 2.75) is 36.5 Å². The fourth-order valence-electron chi connectivity index (χ4n) is 3.14. The van der Waals surface area contributed by atoms with Crippen LogP contribution >= 0.6 is 22.6 Å².